The van der Waals surface area contributed by atoms with Gasteiger partial charge in [-0.05, 0) is 93.1 Å². The van der Waals surface area contributed by atoms with Gasteiger partial charge in [-0.15, -0.1) is 0 Å². The van der Waals surface area contributed by atoms with E-state index in [0.29, 0.717) is 31.1 Å². The molecule has 0 aromatic heterocycles. The number of benzene rings is 2. The predicted octanol–water partition coefficient (Wildman–Crippen LogP) is 4.79. The Kier molecular flexibility index (Phi) is 7.38. The Morgan fingerprint density at radius 2 is 1.86 bits per heavy atom. The number of ether oxygens (including phenoxy) is 2. The number of nitrogens with zero attached hydrogens (tertiary/aromatic N) is 1. The fourth-order valence-corrected chi connectivity index (χ4v) is 4.00. The van der Waals surface area contributed by atoms with E-state index in [1.165, 1.54) is 8.47 Å². The lowest BCUT2D eigenvalue weighted by Gasteiger charge is -2.14. The first-order valence-electron chi connectivity index (χ1n) is 9.02. The summed E-state index contributed by atoms with van der Waals surface area (Å²) in [5.41, 5.74) is 2.06. The summed E-state index contributed by atoms with van der Waals surface area (Å²) in [4.78, 5) is 25.6. The number of amides is 3. The maximum Gasteiger partial charge on any atom is 0.329 e. The normalized spacial score (nSPS) is 15.0. The molecule has 8 heteroatoms. The van der Waals surface area contributed by atoms with Crippen LogP contribution >= 0.6 is 45.2 Å². The number of hydrogen-bond acceptors (Lipinski definition) is 4. The highest BCUT2D eigenvalue weighted by atomic mass is 127. The number of carbonyl (C=O) groups is 2. The van der Waals surface area contributed by atoms with Gasteiger partial charge in [0.1, 0.15) is 12.3 Å². The number of nitrogens with one attached hydrogen (secondary N) is 1. The van der Waals surface area contributed by atoms with Crippen LogP contribution in [0.5, 0.6) is 11.5 Å². The molecule has 0 aliphatic carbocycles. The van der Waals surface area contributed by atoms with Crippen LogP contribution in [0.4, 0.5) is 4.79 Å². The van der Waals surface area contributed by atoms with Crippen LogP contribution in [-0.4, -0.2) is 30.5 Å². The van der Waals surface area contributed by atoms with E-state index in [4.69, 9.17) is 9.47 Å². The van der Waals surface area contributed by atoms with Gasteiger partial charge in [-0.25, -0.2) is 4.79 Å². The molecule has 1 N–H and O–H groups in total. The Balaban J connectivity index is 1.82. The second-order valence-electron chi connectivity index (χ2n) is 6.39. The third kappa shape index (κ3) is 5.21. The standard InChI is InChI=1S/C21H20I2N2O4/c1-3-8-25-20(26)17(24-21(25)27)10-14-9-16(23)19(18(11-14)28-2)29-12-13-4-6-15(22)7-5-13/h4-7,9-11H,3,8,12H2,1-2H3,(H,24,27)/b17-10+. The molecule has 1 saturated heterocycles. The molecule has 1 aliphatic rings. The molecule has 6 nitrogen and oxygen atoms in total. The maximum absolute atomic E-state index is 12.4. The molecule has 0 saturated carbocycles. The first-order valence-corrected chi connectivity index (χ1v) is 11.2. The number of carbonyl (C=O) groups excluding carboxylic acids is 2. The molecule has 152 valence electrons. The van der Waals surface area contributed by atoms with E-state index in [0.717, 1.165) is 14.7 Å². The van der Waals surface area contributed by atoms with Crippen molar-refractivity contribution in [2.45, 2.75) is 20.0 Å². The zero-order chi connectivity index (χ0) is 21.0. The maximum atomic E-state index is 12.4. The molecular weight excluding hydrogens is 598 g/mol. The molecule has 2 aromatic rings. The molecule has 0 unspecified atom stereocenters. The Hall–Kier alpha value is -1.82. The molecule has 0 bridgehead atoms. The third-order valence-corrected chi connectivity index (χ3v) is 5.79. The second kappa shape index (κ2) is 9.79. The largest absolute Gasteiger partial charge is 0.493 e. The van der Waals surface area contributed by atoms with Crippen molar-refractivity contribution in [3.8, 4) is 11.5 Å². The van der Waals surface area contributed by atoms with Gasteiger partial charge in [0.15, 0.2) is 11.5 Å². The summed E-state index contributed by atoms with van der Waals surface area (Å²) in [6.45, 7) is 2.74. The minimum atomic E-state index is -0.387. The van der Waals surface area contributed by atoms with Crippen LogP contribution in [0.3, 0.4) is 0 Å². The average molecular weight is 618 g/mol. The molecule has 1 heterocycles. The van der Waals surface area contributed by atoms with E-state index in [2.05, 4.69) is 50.5 Å². The summed E-state index contributed by atoms with van der Waals surface area (Å²) in [7, 11) is 1.57. The zero-order valence-electron chi connectivity index (χ0n) is 16.0. The Bertz CT molecular complexity index is 958. The topological polar surface area (TPSA) is 67.9 Å². The monoisotopic (exact) mass is 618 g/mol. The van der Waals surface area contributed by atoms with Gasteiger partial charge < -0.3 is 14.8 Å². The number of urea groups is 1. The highest BCUT2D eigenvalue weighted by molar-refractivity contribution is 14.1. The van der Waals surface area contributed by atoms with Crippen molar-refractivity contribution in [1.82, 2.24) is 10.2 Å². The van der Waals surface area contributed by atoms with E-state index in [9.17, 15) is 9.59 Å². The van der Waals surface area contributed by atoms with Crippen LogP contribution in [0.2, 0.25) is 0 Å². The Labute approximate surface area is 196 Å². The summed E-state index contributed by atoms with van der Waals surface area (Å²) in [6.07, 6.45) is 2.37. The molecule has 3 amide bonds. The van der Waals surface area contributed by atoms with Crippen molar-refractivity contribution in [3.63, 3.8) is 0 Å². The Morgan fingerprint density at radius 3 is 2.52 bits per heavy atom. The number of halogens is 2. The van der Waals surface area contributed by atoms with Gasteiger partial charge in [-0.1, -0.05) is 19.1 Å². The zero-order valence-corrected chi connectivity index (χ0v) is 20.3. The summed E-state index contributed by atoms with van der Waals surface area (Å²) < 4.78 is 13.5. The van der Waals surface area contributed by atoms with Gasteiger partial charge in [0.05, 0.1) is 10.7 Å². The predicted molar refractivity (Wildman–Crippen MR) is 128 cm³/mol. The van der Waals surface area contributed by atoms with Crippen molar-refractivity contribution in [2.75, 3.05) is 13.7 Å². The van der Waals surface area contributed by atoms with E-state index in [1.54, 1.807) is 19.3 Å². The van der Waals surface area contributed by atoms with Gasteiger partial charge in [0.2, 0.25) is 0 Å². The molecule has 0 atom stereocenters. The summed E-state index contributed by atoms with van der Waals surface area (Å²) in [6, 6.07) is 11.4. The molecule has 0 spiro atoms. The highest BCUT2D eigenvalue weighted by Crippen LogP contribution is 2.35. The molecule has 0 radical (unpaired) electrons. The van der Waals surface area contributed by atoms with Gasteiger partial charge in [-0.3, -0.25) is 9.69 Å². The molecule has 2 aromatic carbocycles. The van der Waals surface area contributed by atoms with E-state index >= 15 is 0 Å². The highest BCUT2D eigenvalue weighted by Gasteiger charge is 2.32. The number of imide groups is 1. The number of methoxy groups -OCH3 is 1. The SMILES string of the molecule is CCCN1C(=O)N/C(=C/c2cc(I)c(OCc3ccc(I)cc3)c(OC)c2)C1=O. The lowest BCUT2D eigenvalue weighted by atomic mass is 10.1. The van der Waals surface area contributed by atoms with Crippen LogP contribution < -0.4 is 14.8 Å². The first kappa shape index (κ1) is 21.9. The minimum absolute atomic E-state index is 0.258. The van der Waals surface area contributed by atoms with Gasteiger partial charge in [0.25, 0.3) is 5.91 Å². The van der Waals surface area contributed by atoms with Crippen molar-refractivity contribution >= 4 is 63.2 Å². The van der Waals surface area contributed by atoms with Gasteiger partial charge >= 0.3 is 6.03 Å². The van der Waals surface area contributed by atoms with Crippen LogP contribution in [0.15, 0.2) is 42.1 Å². The molecule has 29 heavy (non-hydrogen) atoms. The molecule has 1 aliphatic heterocycles. The quantitative estimate of drug-likeness (QED) is 0.276. The lowest BCUT2D eigenvalue weighted by molar-refractivity contribution is -0.122. The first-order chi connectivity index (χ1) is 13.9. The summed E-state index contributed by atoms with van der Waals surface area (Å²) >= 11 is 4.44. The van der Waals surface area contributed by atoms with E-state index in [1.807, 2.05) is 37.3 Å². The molecule has 1 fully saturated rings. The number of rotatable bonds is 7. The second-order valence-corrected chi connectivity index (χ2v) is 8.80. The van der Waals surface area contributed by atoms with Crippen LogP contribution in [-0.2, 0) is 11.4 Å². The van der Waals surface area contributed by atoms with E-state index < -0.39 is 0 Å². The van der Waals surface area contributed by atoms with Crippen molar-refractivity contribution < 1.29 is 19.1 Å². The fraction of sp³-hybridized carbons (Fsp3) is 0.238. The average Bonchev–Trinajstić information content (AvgIpc) is 2.96. The Morgan fingerprint density at radius 1 is 1.14 bits per heavy atom. The smallest absolute Gasteiger partial charge is 0.329 e. The summed E-state index contributed by atoms with van der Waals surface area (Å²) in [5.74, 6) is 0.893. The molecular formula is C21H20I2N2O4. The number of hydrogen-bond donors (Lipinski definition) is 1. The third-order valence-electron chi connectivity index (χ3n) is 4.27. The molecule has 3 rings (SSSR count). The van der Waals surface area contributed by atoms with Gasteiger partial charge in [-0.2, -0.15) is 0 Å². The van der Waals surface area contributed by atoms with Crippen molar-refractivity contribution in [2.24, 2.45) is 0 Å². The minimum Gasteiger partial charge on any atom is -0.493 e. The fourth-order valence-electron chi connectivity index (χ4n) is 2.86. The lowest BCUT2D eigenvalue weighted by Crippen LogP contribution is -2.31. The van der Waals surface area contributed by atoms with Crippen LogP contribution in [0.1, 0.15) is 24.5 Å². The van der Waals surface area contributed by atoms with E-state index in [-0.39, 0.29) is 17.6 Å². The van der Waals surface area contributed by atoms with Crippen LogP contribution in [0, 0.1) is 7.14 Å². The van der Waals surface area contributed by atoms with Gasteiger partial charge in [0, 0.05) is 10.1 Å². The summed E-state index contributed by atoms with van der Waals surface area (Å²) in [5, 5.41) is 2.63. The van der Waals surface area contributed by atoms with Crippen molar-refractivity contribution in [1.29, 1.82) is 0 Å². The van der Waals surface area contributed by atoms with Crippen molar-refractivity contribution in [3.05, 3.63) is 60.4 Å². The van der Waals surface area contributed by atoms with Crippen LogP contribution in [0.25, 0.3) is 6.08 Å².